The molecule has 1 fully saturated rings. The Hall–Kier alpha value is -2.16. The fraction of sp³-hybridized carbons (Fsp3) is 0.750. The Kier molecular flexibility index (Phi) is 6.35. The molecule has 9 heteroatoms. The van der Waals surface area contributed by atoms with Gasteiger partial charge in [0, 0.05) is 33.1 Å². The first-order valence-corrected chi connectivity index (χ1v) is 8.68. The second-order valence-electron chi connectivity index (χ2n) is 6.71. The van der Waals surface area contributed by atoms with E-state index in [-0.39, 0.29) is 18.4 Å². The lowest BCUT2D eigenvalue weighted by Crippen LogP contribution is -2.43. The van der Waals surface area contributed by atoms with Gasteiger partial charge in [0.1, 0.15) is 5.82 Å². The number of urea groups is 1. The van der Waals surface area contributed by atoms with E-state index in [4.69, 9.17) is 5.73 Å². The third-order valence-corrected chi connectivity index (χ3v) is 4.44. The zero-order chi connectivity index (χ0) is 18.6. The molecule has 1 unspecified atom stereocenters. The van der Waals surface area contributed by atoms with Gasteiger partial charge < -0.3 is 20.6 Å². The Morgan fingerprint density at radius 1 is 1.36 bits per heavy atom. The van der Waals surface area contributed by atoms with Gasteiger partial charge in [0.2, 0.25) is 5.91 Å². The third-order valence-electron chi connectivity index (χ3n) is 4.44. The summed E-state index contributed by atoms with van der Waals surface area (Å²) >= 11 is 0. The minimum Gasteiger partial charge on any atom is -0.391 e. The van der Waals surface area contributed by atoms with Gasteiger partial charge in [-0.25, -0.2) is 14.5 Å². The summed E-state index contributed by atoms with van der Waals surface area (Å²) in [5.74, 6) is 0.814. The molecule has 25 heavy (non-hydrogen) atoms. The normalized spacial score (nSPS) is 16.7. The van der Waals surface area contributed by atoms with E-state index in [2.05, 4.69) is 10.1 Å². The molecule has 0 aromatic carbocycles. The number of piperidine rings is 1. The van der Waals surface area contributed by atoms with Crippen LogP contribution in [0.3, 0.4) is 0 Å². The molecule has 1 aliphatic heterocycles. The van der Waals surface area contributed by atoms with Crippen LogP contribution in [-0.2, 0) is 17.8 Å². The second kappa shape index (κ2) is 8.28. The summed E-state index contributed by atoms with van der Waals surface area (Å²) < 4.78 is 1.69. The third kappa shape index (κ3) is 4.91. The average molecular weight is 352 g/mol. The number of hydrogen-bond donors (Lipinski definition) is 2. The maximum atomic E-state index is 12.1. The lowest BCUT2D eigenvalue weighted by molar-refractivity contribution is -0.117. The van der Waals surface area contributed by atoms with Gasteiger partial charge in [0.15, 0.2) is 5.82 Å². The predicted molar refractivity (Wildman–Crippen MR) is 91.8 cm³/mol. The average Bonchev–Trinajstić information content (AvgIpc) is 2.95. The number of aromatic nitrogens is 3. The number of primary amides is 1. The largest absolute Gasteiger partial charge is 0.391 e. The number of amides is 3. The molecule has 0 bridgehead atoms. The van der Waals surface area contributed by atoms with Crippen molar-refractivity contribution in [1.29, 1.82) is 0 Å². The van der Waals surface area contributed by atoms with Crippen LogP contribution in [0.15, 0.2) is 0 Å². The van der Waals surface area contributed by atoms with Crippen LogP contribution < -0.4 is 5.73 Å². The van der Waals surface area contributed by atoms with Crippen LogP contribution in [0.2, 0.25) is 0 Å². The Labute approximate surface area is 147 Å². The van der Waals surface area contributed by atoms with Crippen molar-refractivity contribution in [3.8, 4) is 0 Å². The predicted octanol–water partition coefficient (Wildman–Crippen LogP) is -0.0622. The molecule has 0 saturated carbocycles. The fourth-order valence-corrected chi connectivity index (χ4v) is 3.01. The van der Waals surface area contributed by atoms with Gasteiger partial charge in [-0.1, -0.05) is 6.92 Å². The Morgan fingerprint density at radius 2 is 2.00 bits per heavy atom. The number of aliphatic hydroxyl groups excluding tert-OH is 1. The molecule has 1 aromatic heterocycles. The quantitative estimate of drug-likeness (QED) is 0.743. The number of aliphatic hydroxyl groups is 1. The van der Waals surface area contributed by atoms with Crippen molar-refractivity contribution in [2.45, 2.75) is 51.2 Å². The van der Waals surface area contributed by atoms with E-state index in [9.17, 15) is 14.7 Å². The summed E-state index contributed by atoms with van der Waals surface area (Å²) in [5.41, 5.74) is 5.24. The lowest BCUT2D eigenvalue weighted by Gasteiger charge is -2.33. The fourth-order valence-electron chi connectivity index (χ4n) is 3.01. The van der Waals surface area contributed by atoms with Crippen molar-refractivity contribution in [3.63, 3.8) is 0 Å². The molecule has 1 aliphatic rings. The summed E-state index contributed by atoms with van der Waals surface area (Å²) in [6.07, 6.45) is 1.63. The van der Waals surface area contributed by atoms with Crippen LogP contribution in [0.25, 0.3) is 0 Å². The van der Waals surface area contributed by atoms with Crippen LogP contribution in [-0.4, -0.2) is 74.9 Å². The molecule has 1 saturated heterocycles. The van der Waals surface area contributed by atoms with E-state index in [1.54, 1.807) is 23.7 Å². The van der Waals surface area contributed by atoms with Crippen molar-refractivity contribution in [2.75, 3.05) is 27.2 Å². The molecule has 3 amide bonds. The van der Waals surface area contributed by atoms with Crippen LogP contribution in [0.1, 0.15) is 43.8 Å². The number of likely N-dealkylation sites (tertiary alicyclic amines) is 1. The van der Waals surface area contributed by atoms with Crippen LogP contribution in [0.4, 0.5) is 4.79 Å². The number of nitrogens with zero attached hydrogens (tertiary/aromatic N) is 5. The zero-order valence-electron chi connectivity index (χ0n) is 15.2. The van der Waals surface area contributed by atoms with Crippen molar-refractivity contribution in [1.82, 2.24) is 24.6 Å². The van der Waals surface area contributed by atoms with Crippen molar-refractivity contribution in [2.24, 2.45) is 5.73 Å². The highest BCUT2D eigenvalue weighted by atomic mass is 16.3. The number of rotatable bonds is 6. The van der Waals surface area contributed by atoms with Gasteiger partial charge in [0.05, 0.1) is 19.1 Å². The second-order valence-corrected chi connectivity index (χ2v) is 6.71. The van der Waals surface area contributed by atoms with Crippen LogP contribution >= 0.6 is 0 Å². The van der Waals surface area contributed by atoms with Gasteiger partial charge in [0.25, 0.3) is 0 Å². The summed E-state index contributed by atoms with van der Waals surface area (Å²) in [4.78, 5) is 31.1. The minimum absolute atomic E-state index is 0.00994. The van der Waals surface area contributed by atoms with Gasteiger partial charge >= 0.3 is 6.03 Å². The lowest BCUT2D eigenvalue weighted by atomic mass is 9.96. The molecular weight excluding hydrogens is 324 g/mol. The summed E-state index contributed by atoms with van der Waals surface area (Å²) in [6, 6.07) is 0.00994. The Balaban J connectivity index is 2.13. The molecule has 1 aromatic rings. The molecule has 0 aliphatic carbocycles. The van der Waals surface area contributed by atoms with E-state index in [0.717, 1.165) is 18.7 Å². The molecule has 140 valence electrons. The van der Waals surface area contributed by atoms with Gasteiger partial charge in [-0.05, 0) is 19.3 Å². The highest BCUT2D eigenvalue weighted by molar-refractivity contribution is 5.75. The summed E-state index contributed by atoms with van der Waals surface area (Å²) in [6.45, 7) is 3.54. The monoisotopic (exact) mass is 352 g/mol. The van der Waals surface area contributed by atoms with E-state index in [1.807, 2.05) is 11.8 Å². The number of nitrogens with two attached hydrogens (primary N) is 1. The number of carbonyl (C=O) groups excluding carboxylic acids is 2. The molecule has 1 atom stereocenters. The molecule has 0 spiro atoms. The highest BCUT2D eigenvalue weighted by Crippen LogP contribution is 2.27. The topological polar surface area (TPSA) is 118 Å². The minimum atomic E-state index is -0.516. The number of carbonyl (C=O) groups is 2. The van der Waals surface area contributed by atoms with Gasteiger partial charge in [-0.2, -0.15) is 5.10 Å². The molecular formula is C16H28N6O3. The molecule has 2 rings (SSSR count). The van der Waals surface area contributed by atoms with E-state index in [1.165, 1.54) is 0 Å². The molecule has 3 N–H and O–H groups in total. The smallest absolute Gasteiger partial charge is 0.319 e. The first-order chi connectivity index (χ1) is 11.8. The summed E-state index contributed by atoms with van der Waals surface area (Å²) in [5, 5.41) is 14.3. The van der Waals surface area contributed by atoms with E-state index in [0.29, 0.717) is 31.9 Å². The molecule has 9 nitrogen and oxygen atoms in total. The standard InChI is InChI=1S/C16H28N6O3/c1-4-12(23)10-22-15(18-14(19-22)9-13(17)24)11-5-7-21(8-6-11)16(25)20(2)3/h11-12,23H,4-10H2,1-3H3,(H2,17,24). The SMILES string of the molecule is CCC(O)Cn1nc(CC(N)=O)nc1C1CCN(C(=O)N(C)C)CC1. The van der Waals surface area contributed by atoms with Crippen molar-refractivity contribution in [3.05, 3.63) is 11.6 Å². The van der Waals surface area contributed by atoms with Crippen molar-refractivity contribution >= 4 is 11.9 Å². The van der Waals surface area contributed by atoms with Crippen molar-refractivity contribution < 1.29 is 14.7 Å². The Morgan fingerprint density at radius 3 is 2.52 bits per heavy atom. The van der Waals surface area contributed by atoms with Gasteiger partial charge in [-0.3, -0.25) is 4.79 Å². The zero-order valence-corrected chi connectivity index (χ0v) is 15.2. The first kappa shape index (κ1) is 19.2. The van der Waals surface area contributed by atoms with Crippen LogP contribution in [0, 0.1) is 0 Å². The molecule has 2 heterocycles. The Bertz CT molecular complexity index is 607. The first-order valence-electron chi connectivity index (χ1n) is 8.68. The molecule has 0 radical (unpaired) electrons. The van der Waals surface area contributed by atoms with E-state index < -0.39 is 12.0 Å². The van der Waals surface area contributed by atoms with Gasteiger partial charge in [-0.15, -0.1) is 0 Å². The maximum absolute atomic E-state index is 12.1. The highest BCUT2D eigenvalue weighted by Gasteiger charge is 2.28. The number of hydrogen-bond acceptors (Lipinski definition) is 5. The van der Waals surface area contributed by atoms with E-state index >= 15 is 0 Å². The summed E-state index contributed by atoms with van der Waals surface area (Å²) in [7, 11) is 3.49. The van der Waals surface area contributed by atoms with Crippen LogP contribution in [0.5, 0.6) is 0 Å². The maximum Gasteiger partial charge on any atom is 0.319 e.